The van der Waals surface area contributed by atoms with Crippen LogP contribution in [0.2, 0.25) is 0 Å². The number of hydrogen-bond donors (Lipinski definition) is 1. The van der Waals surface area contributed by atoms with Crippen LogP contribution < -0.4 is 14.8 Å². The maximum absolute atomic E-state index is 12.0. The number of carbonyl (C=O) groups excluding carboxylic acids is 1. The van der Waals surface area contributed by atoms with Crippen molar-refractivity contribution in [3.8, 4) is 11.5 Å². The molecule has 4 nitrogen and oxygen atoms in total. The third kappa shape index (κ3) is 2.38. The average molecular weight is 273 g/mol. The van der Waals surface area contributed by atoms with Crippen LogP contribution in [0.3, 0.4) is 0 Å². The fourth-order valence-electron chi connectivity index (χ4n) is 2.56. The summed E-state index contributed by atoms with van der Waals surface area (Å²) in [6.45, 7) is 0.840. The van der Waals surface area contributed by atoms with Gasteiger partial charge in [-0.2, -0.15) is 0 Å². The lowest BCUT2D eigenvalue weighted by atomic mass is 9.96. The number of hydrogen-bond acceptors (Lipinski definition) is 4. The van der Waals surface area contributed by atoms with E-state index in [0.29, 0.717) is 5.75 Å². The Balaban J connectivity index is 2.00. The minimum Gasteiger partial charge on any atom is -0.493 e. The molecule has 0 bridgehead atoms. The smallest absolute Gasteiger partial charge is 0.161 e. The zero-order valence-corrected chi connectivity index (χ0v) is 11.9. The summed E-state index contributed by atoms with van der Waals surface area (Å²) in [5.41, 5.74) is 3.14. The molecule has 0 unspecified atom stereocenters. The molecule has 0 atom stereocenters. The van der Waals surface area contributed by atoms with Gasteiger partial charge in [-0.1, -0.05) is 0 Å². The van der Waals surface area contributed by atoms with Gasteiger partial charge in [0.05, 0.1) is 14.2 Å². The van der Waals surface area contributed by atoms with Gasteiger partial charge in [-0.25, -0.2) is 0 Å². The van der Waals surface area contributed by atoms with E-state index in [1.807, 2.05) is 12.1 Å². The van der Waals surface area contributed by atoms with Crippen molar-refractivity contribution in [3.63, 3.8) is 0 Å². The average Bonchev–Trinajstić information content (AvgIpc) is 3.30. The van der Waals surface area contributed by atoms with Crippen molar-refractivity contribution in [2.75, 3.05) is 20.8 Å². The second-order valence-corrected chi connectivity index (χ2v) is 5.28. The van der Waals surface area contributed by atoms with Crippen LogP contribution in [0.25, 0.3) is 5.70 Å². The summed E-state index contributed by atoms with van der Waals surface area (Å²) in [6, 6.07) is 3.96. The van der Waals surface area contributed by atoms with E-state index in [0.717, 1.165) is 42.8 Å². The molecule has 106 valence electrons. The second kappa shape index (κ2) is 5.19. The summed E-state index contributed by atoms with van der Waals surface area (Å²) in [4.78, 5) is 12.0. The van der Waals surface area contributed by atoms with Gasteiger partial charge in [0.15, 0.2) is 17.3 Å². The molecule has 0 amide bonds. The van der Waals surface area contributed by atoms with Crippen LogP contribution in [-0.2, 0) is 11.2 Å². The Hall–Kier alpha value is -1.97. The van der Waals surface area contributed by atoms with Crippen LogP contribution in [-0.4, -0.2) is 26.5 Å². The van der Waals surface area contributed by atoms with E-state index in [2.05, 4.69) is 5.32 Å². The predicted molar refractivity (Wildman–Crippen MR) is 77.0 cm³/mol. The van der Waals surface area contributed by atoms with Crippen LogP contribution in [0.15, 0.2) is 18.2 Å². The van der Waals surface area contributed by atoms with Crippen molar-refractivity contribution in [2.24, 2.45) is 5.92 Å². The van der Waals surface area contributed by atoms with E-state index >= 15 is 0 Å². The first-order valence-electron chi connectivity index (χ1n) is 6.97. The topological polar surface area (TPSA) is 47.6 Å². The van der Waals surface area contributed by atoms with Crippen molar-refractivity contribution in [1.82, 2.24) is 5.32 Å². The molecule has 2 aliphatic rings. The van der Waals surface area contributed by atoms with E-state index in [-0.39, 0.29) is 11.7 Å². The maximum atomic E-state index is 12.0. The van der Waals surface area contributed by atoms with Crippen LogP contribution in [0.4, 0.5) is 0 Å². The van der Waals surface area contributed by atoms with Gasteiger partial charge in [0.2, 0.25) is 0 Å². The van der Waals surface area contributed by atoms with E-state index in [1.54, 1.807) is 20.3 Å². The summed E-state index contributed by atoms with van der Waals surface area (Å²) < 4.78 is 10.7. The Morgan fingerprint density at radius 3 is 2.60 bits per heavy atom. The molecule has 0 radical (unpaired) electrons. The molecule has 1 saturated carbocycles. The Kier molecular flexibility index (Phi) is 3.38. The quantitative estimate of drug-likeness (QED) is 0.854. The molecule has 1 aromatic rings. The van der Waals surface area contributed by atoms with E-state index in [9.17, 15) is 4.79 Å². The zero-order chi connectivity index (χ0) is 14.1. The maximum Gasteiger partial charge on any atom is 0.161 e. The fourth-order valence-corrected chi connectivity index (χ4v) is 2.56. The number of ether oxygens (including phenoxy) is 2. The highest BCUT2D eigenvalue weighted by Gasteiger charge is 2.29. The van der Waals surface area contributed by atoms with Gasteiger partial charge in [-0.3, -0.25) is 4.79 Å². The molecular formula is C16H19NO3. The number of allylic oxidation sites excluding steroid dienone is 1. The van der Waals surface area contributed by atoms with Gasteiger partial charge in [0, 0.05) is 29.8 Å². The van der Waals surface area contributed by atoms with E-state index < -0.39 is 0 Å². The monoisotopic (exact) mass is 273 g/mol. The highest BCUT2D eigenvalue weighted by Crippen LogP contribution is 2.36. The molecule has 1 N–H and O–H groups in total. The highest BCUT2D eigenvalue weighted by molar-refractivity contribution is 5.99. The Morgan fingerprint density at radius 1 is 1.25 bits per heavy atom. The normalized spacial score (nSPS) is 19.2. The predicted octanol–water partition coefficient (Wildman–Crippen LogP) is 2.17. The second-order valence-electron chi connectivity index (χ2n) is 5.28. The van der Waals surface area contributed by atoms with Crippen LogP contribution in [0.5, 0.6) is 11.5 Å². The van der Waals surface area contributed by atoms with Crippen molar-refractivity contribution in [3.05, 3.63) is 29.3 Å². The van der Waals surface area contributed by atoms with Crippen LogP contribution in [0, 0.1) is 5.92 Å². The first kappa shape index (κ1) is 13.0. The van der Waals surface area contributed by atoms with Crippen molar-refractivity contribution in [2.45, 2.75) is 19.3 Å². The number of methoxy groups -OCH3 is 2. The van der Waals surface area contributed by atoms with E-state index in [4.69, 9.17) is 9.47 Å². The lowest BCUT2D eigenvalue weighted by molar-refractivity contribution is -0.115. The number of benzene rings is 1. The van der Waals surface area contributed by atoms with Gasteiger partial charge < -0.3 is 14.8 Å². The summed E-state index contributed by atoms with van der Waals surface area (Å²) in [6.07, 6.45) is 4.73. The van der Waals surface area contributed by atoms with Crippen LogP contribution >= 0.6 is 0 Å². The lowest BCUT2D eigenvalue weighted by Crippen LogP contribution is -2.23. The molecule has 1 aromatic carbocycles. The molecule has 4 heteroatoms. The number of carbonyl (C=O) groups is 1. The molecule has 1 aliphatic heterocycles. The van der Waals surface area contributed by atoms with Crippen molar-refractivity contribution < 1.29 is 14.3 Å². The zero-order valence-electron chi connectivity index (χ0n) is 11.9. The summed E-state index contributed by atoms with van der Waals surface area (Å²) in [5.74, 6) is 1.91. The fraction of sp³-hybridized carbons (Fsp3) is 0.438. The number of rotatable bonds is 4. The van der Waals surface area contributed by atoms with Gasteiger partial charge >= 0.3 is 0 Å². The van der Waals surface area contributed by atoms with Gasteiger partial charge in [-0.15, -0.1) is 0 Å². The molecule has 20 heavy (non-hydrogen) atoms. The Morgan fingerprint density at radius 2 is 1.95 bits per heavy atom. The SMILES string of the molecule is COc1cc2c(cc1OC)/C(=C\C(=O)C1CC1)NCC2. The number of nitrogens with one attached hydrogen (secondary N) is 1. The molecule has 0 spiro atoms. The number of ketones is 1. The third-order valence-electron chi connectivity index (χ3n) is 3.88. The molecule has 1 heterocycles. The van der Waals surface area contributed by atoms with Gasteiger partial charge in [0.25, 0.3) is 0 Å². The molecule has 1 fully saturated rings. The first-order chi connectivity index (χ1) is 9.72. The first-order valence-corrected chi connectivity index (χ1v) is 6.97. The summed E-state index contributed by atoms with van der Waals surface area (Å²) in [5, 5.41) is 3.32. The molecular weight excluding hydrogens is 254 g/mol. The Bertz CT molecular complexity index is 573. The molecule has 0 saturated heterocycles. The van der Waals surface area contributed by atoms with Crippen molar-refractivity contribution in [1.29, 1.82) is 0 Å². The van der Waals surface area contributed by atoms with Crippen LogP contribution in [0.1, 0.15) is 24.0 Å². The summed E-state index contributed by atoms with van der Waals surface area (Å²) in [7, 11) is 3.26. The number of fused-ring (bicyclic) bond motifs is 1. The summed E-state index contributed by atoms with van der Waals surface area (Å²) >= 11 is 0. The lowest BCUT2D eigenvalue weighted by Gasteiger charge is -2.23. The third-order valence-corrected chi connectivity index (χ3v) is 3.88. The molecule has 1 aliphatic carbocycles. The molecule has 0 aromatic heterocycles. The van der Waals surface area contributed by atoms with Gasteiger partial charge in [0.1, 0.15) is 0 Å². The largest absolute Gasteiger partial charge is 0.493 e. The standard InChI is InChI=1S/C16H19NO3/c1-19-15-7-11-5-6-17-13(9-14(18)10-3-4-10)12(11)8-16(15)20-2/h7-10,17H,3-6H2,1-2H3/b13-9+. The molecule has 3 rings (SSSR count). The van der Waals surface area contributed by atoms with Crippen molar-refractivity contribution >= 4 is 11.5 Å². The minimum absolute atomic E-state index is 0.232. The minimum atomic E-state index is 0.232. The van der Waals surface area contributed by atoms with E-state index in [1.165, 1.54) is 5.56 Å². The Labute approximate surface area is 118 Å². The van der Waals surface area contributed by atoms with Gasteiger partial charge in [-0.05, 0) is 37.0 Å². The highest BCUT2D eigenvalue weighted by atomic mass is 16.5.